The Balaban J connectivity index is 2.31. The van der Waals surface area contributed by atoms with Gasteiger partial charge in [-0.2, -0.15) is 0 Å². The highest BCUT2D eigenvalue weighted by Crippen LogP contribution is 2.21. The van der Waals surface area contributed by atoms with E-state index in [4.69, 9.17) is 11.6 Å². The van der Waals surface area contributed by atoms with E-state index in [1.165, 1.54) is 5.56 Å². The average molecular weight is 320 g/mol. The number of nitrogens with zero attached hydrogens (tertiary/aromatic N) is 1. The van der Waals surface area contributed by atoms with Gasteiger partial charge in [0.05, 0.1) is 0 Å². The van der Waals surface area contributed by atoms with Crippen molar-refractivity contribution in [2.24, 2.45) is 0 Å². The molecule has 17 heavy (non-hydrogen) atoms. The maximum Gasteiger partial charge on any atom is 0.0417 e. The summed E-state index contributed by atoms with van der Waals surface area (Å²) in [7, 11) is 0. The summed E-state index contributed by atoms with van der Waals surface area (Å²) in [5, 5.41) is 4.21. The Labute approximate surface area is 117 Å². The van der Waals surface area contributed by atoms with E-state index in [1.54, 1.807) is 0 Å². The van der Waals surface area contributed by atoms with Gasteiger partial charge < -0.3 is 10.2 Å². The summed E-state index contributed by atoms with van der Waals surface area (Å²) in [5.74, 6) is 0. The number of benzene rings is 1. The van der Waals surface area contributed by atoms with Crippen molar-refractivity contribution in [3.63, 3.8) is 0 Å². The van der Waals surface area contributed by atoms with Crippen molar-refractivity contribution in [1.29, 1.82) is 0 Å². The second-order valence-corrected chi connectivity index (χ2v) is 5.23. The molecule has 0 saturated carbocycles. The Kier molecular flexibility index (Phi) is 7.12. The van der Waals surface area contributed by atoms with Crippen LogP contribution in [-0.2, 0) is 6.54 Å². The van der Waals surface area contributed by atoms with E-state index in [2.05, 4.69) is 46.1 Å². The van der Waals surface area contributed by atoms with Crippen LogP contribution < -0.4 is 5.32 Å². The van der Waals surface area contributed by atoms with Gasteiger partial charge in [0.25, 0.3) is 0 Å². The van der Waals surface area contributed by atoms with Crippen molar-refractivity contribution >= 4 is 27.5 Å². The van der Waals surface area contributed by atoms with Crippen LogP contribution in [0.25, 0.3) is 0 Å². The molecule has 0 bridgehead atoms. The summed E-state index contributed by atoms with van der Waals surface area (Å²) in [4.78, 5) is 2.41. The third-order valence-corrected chi connectivity index (χ3v) is 3.80. The van der Waals surface area contributed by atoms with E-state index >= 15 is 0 Å². The number of nitrogens with one attached hydrogen (secondary N) is 1. The van der Waals surface area contributed by atoms with E-state index in [0.717, 1.165) is 42.2 Å². The SMILES string of the molecule is CCN(CC)CCNCc1ccc(Cl)cc1Br. The van der Waals surface area contributed by atoms with Gasteiger partial charge in [0, 0.05) is 29.1 Å². The van der Waals surface area contributed by atoms with Crippen LogP contribution in [0.2, 0.25) is 5.02 Å². The predicted octanol–water partition coefficient (Wildman–Crippen LogP) is 3.53. The summed E-state index contributed by atoms with van der Waals surface area (Å²) in [6.45, 7) is 9.60. The number of halogens is 2. The molecule has 1 rings (SSSR count). The number of hydrogen-bond acceptors (Lipinski definition) is 2. The molecular weight excluding hydrogens is 300 g/mol. The zero-order chi connectivity index (χ0) is 12.7. The van der Waals surface area contributed by atoms with Crippen LogP contribution in [-0.4, -0.2) is 31.1 Å². The Morgan fingerprint density at radius 3 is 2.59 bits per heavy atom. The molecule has 1 N–H and O–H groups in total. The van der Waals surface area contributed by atoms with Crippen molar-refractivity contribution in [2.45, 2.75) is 20.4 Å². The first-order valence-electron chi connectivity index (χ1n) is 6.04. The molecular formula is C13H20BrClN2. The molecule has 0 aliphatic rings. The van der Waals surface area contributed by atoms with Crippen LogP contribution in [0.15, 0.2) is 22.7 Å². The molecule has 0 atom stereocenters. The lowest BCUT2D eigenvalue weighted by molar-refractivity contribution is 0.302. The Morgan fingerprint density at radius 2 is 2.00 bits per heavy atom. The minimum absolute atomic E-state index is 0.767. The molecule has 0 spiro atoms. The van der Waals surface area contributed by atoms with Gasteiger partial charge in [0.15, 0.2) is 0 Å². The molecule has 0 amide bonds. The molecule has 0 aliphatic heterocycles. The van der Waals surface area contributed by atoms with Gasteiger partial charge in [0.1, 0.15) is 0 Å². The predicted molar refractivity (Wildman–Crippen MR) is 78.6 cm³/mol. The van der Waals surface area contributed by atoms with Crippen molar-refractivity contribution in [1.82, 2.24) is 10.2 Å². The Hall–Kier alpha value is -0.0900. The number of hydrogen-bond donors (Lipinski definition) is 1. The fourth-order valence-electron chi connectivity index (χ4n) is 1.67. The minimum Gasteiger partial charge on any atom is -0.311 e. The zero-order valence-corrected chi connectivity index (χ0v) is 12.8. The molecule has 0 saturated heterocycles. The first kappa shape index (κ1) is 15.0. The molecule has 4 heteroatoms. The van der Waals surface area contributed by atoms with Gasteiger partial charge >= 0.3 is 0 Å². The summed E-state index contributed by atoms with van der Waals surface area (Å²) < 4.78 is 1.07. The summed E-state index contributed by atoms with van der Waals surface area (Å²) >= 11 is 9.42. The van der Waals surface area contributed by atoms with Crippen molar-refractivity contribution < 1.29 is 0 Å². The molecule has 0 heterocycles. The van der Waals surface area contributed by atoms with E-state index in [0.29, 0.717) is 0 Å². The van der Waals surface area contributed by atoms with E-state index in [9.17, 15) is 0 Å². The van der Waals surface area contributed by atoms with Crippen molar-refractivity contribution in [3.8, 4) is 0 Å². The first-order chi connectivity index (χ1) is 8.17. The molecule has 2 nitrogen and oxygen atoms in total. The maximum atomic E-state index is 5.90. The fraction of sp³-hybridized carbons (Fsp3) is 0.538. The topological polar surface area (TPSA) is 15.3 Å². The van der Waals surface area contributed by atoms with E-state index in [1.807, 2.05) is 12.1 Å². The fourth-order valence-corrected chi connectivity index (χ4v) is 2.49. The molecule has 0 aromatic heterocycles. The van der Waals surface area contributed by atoms with Crippen LogP contribution in [0.5, 0.6) is 0 Å². The van der Waals surface area contributed by atoms with Crippen LogP contribution in [0, 0.1) is 0 Å². The van der Waals surface area contributed by atoms with Crippen LogP contribution in [0.3, 0.4) is 0 Å². The number of likely N-dealkylation sites (N-methyl/N-ethyl adjacent to an activating group) is 1. The molecule has 0 aliphatic carbocycles. The first-order valence-corrected chi connectivity index (χ1v) is 7.21. The van der Waals surface area contributed by atoms with Crippen LogP contribution >= 0.6 is 27.5 Å². The molecule has 0 unspecified atom stereocenters. The van der Waals surface area contributed by atoms with E-state index in [-0.39, 0.29) is 0 Å². The largest absolute Gasteiger partial charge is 0.311 e. The van der Waals surface area contributed by atoms with Crippen LogP contribution in [0.1, 0.15) is 19.4 Å². The van der Waals surface area contributed by atoms with Gasteiger partial charge in [-0.3, -0.25) is 0 Å². The lowest BCUT2D eigenvalue weighted by Gasteiger charge is -2.18. The van der Waals surface area contributed by atoms with Gasteiger partial charge in [-0.1, -0.05) is 47.4 Å². The Morgan fingerprint density at radius 1 is 1.29 bits per heavy atom. The summed E-state index contributed by atoms with van der Waals surface area (Å²) in [6, 6.07) is 5.91. The highest BCUT2D eigenvalue weighted by molar-refractivity contribution is 9.10. The second kappa shape index (κ2) is 8.09. The third kappa shape index (κ3) is 5.38. The highest BCUT2D eigenvalue weighted by atomic mass is 79.9. The van der Waals surface area contributed by atoms with Crippen LogP contribution in [0.4, 0.5) is 0 Å². The third-order valence-electron chi connectivity index (χ3n) is 2.83. The monoisotopic (exact) mass is 318 g/mol. The standard InChI is InChI=1S/C13H20BrClN2/c1-3-17(4-2)8-7-16-10-11-5-6-12(15)9-13(11)14/h5-6,9,16H,3-4,7-8,10H2,1-2H3. The highest BCUT2D eigenvalue weighted by Gasteiger charge is 2.01. The Bertz CT molecular complexity index is 340. The number of rotatable bonds is 7. The molecule has 0 radical (unpaired) electrons. The summed E-state index contributed by atoms with van der Waals surface area (Å²) in [6.07, 6.45) is 0. The lowest BCUT2D eigenvalue weighted by Crippen LogP contribution is -2.31. The minimum atomic E-state index is 0.767. The van der Waals surface area contributed by atoms with Gasteiger partial charge in [-0.15, -0.1) is 0 Å². The van der Waals surface area contributed by atoms with Gasteiger partial charge in [-0.05, 0) is 30.8 Å². The second-order valence-electron chi connectivity index (χ2n) is 3.94. The summed E-state index contributed by atoms with van der Waals surface area (Å²) in [5.41, 5.74) is 1.24. The van der Waals surface area contributed by atoms with Crippen molar-refractivity contribution in [2.75, 3.05) is 26.2 Å². The molecule has 0 fully saturated rings. The zero-order valence-electron chi connectivity index (χ0n) is 10.5. The smallest absolute Gasteiger partial charge is 0.0417 e. The quantitative estimate of drug-likeness (QED) is 0.773. The maximum absolute atomic E-state index is 5.90. The normalized spacial score (nSPS) is 11.1. The molecule has 96 valence electrons. The van der Waals surface area contributed by atoms with E-state index < -0.39 is 0 Å². The van der Waals surface area contributed by atoms with Gasteiger partial charge in [0.2, 0.25) is 0 Å². The molecule has 1 aromatic rings. The van der Waals surface area contributed by atoms with Crippen molar-refractivity contribution in [3.05, 3.63) is 33.3 Å². The average Bonchev–Trinajstić information content (AvgIpc) is 2.32. The molecule has 1 aromatic carbocycles. The lowest BCUT2D eigenvalue weighted by atomic mass is 10.2. The van der Waals surface area contributed by atoms with Gasteiger partial charge in [-0.25, -0.2) is 0 Å².